The fourth-order valence-electron chi connectivity index (χ4n) is 5.85. The summed E-state index contributed by atoms with van der Waals surface area (Å²) in [6.45, 7) is 10.3. The summed E-state index contributed by atoms with van der Waals surface area (Å²) in [6, 6.07) is 7.85. The number of alkyl halides is 3. The molecule has 48 heavy (non-hydrogen) atoms. The molecule has 1 amide bonds. The van der Waals surface area contributed by atoms with Crippen LogP contribution in [0.25, 0.3) is 21.9 Å². The number of nitrogens with zero attached hydrogens (tertiary/aromatic N) is 4. The highest BCUT2D eigenvalue weighted by atomic mass is 19.4. The van der Waals surface area contributed by atoms with Gasteiger partial charge in [-0.3, -0.25) is 9.78 Å². The van der Waals surface area contributed by atoms with Gasteiger partial charge in [0.25, 0.3) is 5.56 Å². The third-order valence-electron chi connectivity index (χ3n) is 8.31. The Labute approximate surface area is 277 Å². The number of carboxylic acids is 1. The van der Waals surface area contributed by atoms with Gasteiger partial charge in [0.05, 0.1) is 12.5 Å². The average molecular weight is 677 g/mol. The maximum absolute atomic E-state index is 12.6. The molecule has 5 rings (SSSR count). The molecule has 0 saturated carbocycles. The molecule has 2 saturated heterocycles. The largest absolute Gasteiger partial charge is 0.493 e. The van der Waals surface area contributed by atoms with Crippen LogP contribution in [0.15, 0.2) is 47.7 Å². The van der Waals surface area contributed by atoms with Crippen molar-refractivity contribution >= 4 is 22.8 Å². The summed E-state index contributed by atoms with van der Waals surface area (Å²) in [5.41, 5.74) is 1.37. The van der Waals surface area contributed by atoms with E-state index in [1.54, 1.807) is 31.1 Å². The molecule has 4 heterocycles. The van der Waals surface area contributed by atoms with E-state index in [0.29, 0.717) is 17.1 Å². The molecule has 14 heteroatoms. The molecule has 3 aromatic rings. The molecule has 0 bridgehead atoms. The van der Waals surface area contributed by atoms with E-state index in [1.165, 1.54) is 0 Å². The van der Waals surface area contributed by atoms with Crippen LogP contribution in [0.1, 0.15) is 46.5 Å². The quantitative estimate of drug-likeness (QED) is 0.349. The first-order valence-electron chi connectivity index (χ1n) is 15.8. The first-order valence-corrected chi connectivity index (χ1v) is 15.8. The number of pyridine rings is 2. The first kappa shape index (κ1) is 36.5. The van der Waals surface area contributed by atoms with Gasteiger partial charge in [-0.15, -0.1) is 0 Å². The monoisotopic (exact) mass is 676 g/mol. The summed E-state index contributed by atoms with van der Waals surface area (Å²) in [5, 5.41) is 8.58. The molecule has 0 radical (unpaired) electrons. The molecule has 0 unspecified atom stereocenters. The van der Waals surface area contributed by atoms with Crippen LogP contribution in [0.5, 0.6) is 11.5 Å². The van der Waals surface area contributed by atoms with Gasteiger partial charge in [-0.2, -0.15) is 13.2 Å². The first-order chi connectivity index (χ1) is 22.6. The molecule has 1 N–H and O–H groups in total. The second kappa shape index (κ2) is 15.3. The lowest BCUT2D eigenvalue weighted by Gasteiger charge is -2.38. The van der Waals surface area contributed by atoms with E-state index in [2.05, 4.69) is 9.88 Å². The number of piperidine rings is 2. The number of aliphatic carboxylic acids is 1. The Bertz CT molecular complexity index is 1640. The maximum atomic E-state index is 12.6. The Balaban J connectivity index is 0.000000671. The van der Waals surface area contributed by atoms with Crippen molar-refractivity contribution in [2.45, 2.75) is 64.3 Å². The third kappa shape index (κ3) is 9.61. The number of amides is 1. The van der Waals surface area contributed by atoms with E-state index in [1.807, 2.05) is 56.1 Å². The molecule has 2 aliphatic heterocycles. The number of carboxylic acid groups (broad SMARTS) is 1. The Morgan fingerprint density at radius 3 is 2.21 bits per heavy atom. The fraction of sp³-hybridized carbons (Fsp3) is 0.529. The minimum atomic E-state index is -5.08. The highest BCUT2D eigenvalue weighted by molar-refractivity contribution is 5.95. The minimum Gasteiger partial charge on any atom is -0.493 e. The van der Waals surface area contributed by atoms with Crippen molar-refractivity contribution in [2.24, 2.45) is 13.0 Å². The Hall–Kier alpha value is -4.33. The summed E-state index contributed by atoms with van der Waals surface area (Å²) in [7, 11) is 3.41. The molecule has 0 atom stereocenters. The number of rotatable bonds is 6. The van der Waals surface area contributed by atoms with Gasteiger partial charge >= 0.3 is 18.2 Å². The zero-order valence-electron chi connectivity index (χ0n) is 27.9. The van der Waals surface area contributed by atoms with E-state index < -0.39 is 17.7 Å². The zero-order valence-corrected chi connectivity index (χ0v) is 27.9. The average Bonchev–Trinajstić information content (AvgIpc) is 3.03. The van der Waals surface area contributed by atoms with E-state index in [4.69, 9.17) is 24.1 Å². The summed E-state index contributed by atoms with van der Waals surface area (Å²) in [6.07, 6.45) is 3.98. The number of hydrogen-bond acceptors (Lipinski definition) is 8. The molecule has 1 aromatic carbocycles. The number of aromatic nitrogens is 2. The number of fused-ring (bicyclic) bond motifs is 1. The lowest BCUT2D eigenvalue weighted by molar-refractivity contribution is -0.192. The van der Waals surface area contributed by atoms with Crippen LogP contribution in [-0.2, 0) is 16.6 Å². The zero-order chi connectivity index (χ0) is 35.2. The molecule has 11 nitrogen and oxygen atoms in total. The van der Waals surface area contributed by atoms with Gasteiger partial charge in [0.2, 0.25) is 0 Å². The number of hydrogen-bond donors (Lipinski definition) is 1. The van der Waals surface area contributed by atoms with E-state index in [0.717, 1.165) is 80.7 Å². The van der Waals surface area contributed by atoms with Gasteiger partial charge in [0.1, 0.15) is 11.7 Å². The molecular weight excluding hydrogens is 633 g/mol. The lowest BCUT2D eigenvalue weighted by atomic mass is 9.95. The standard InChI is InChI=1S/C32H42N4O5.C2HF3O2/c1-32(2,3)41-31(38)36-16-9-22(10-17-36)20-35-14-11-24(12-15-35)40-28-7-6-23(18-29(28)39-5)27-21-34(4)30(37)26-19-33-13-8-25(26)27;3-2(4,5)1(6)7/h6-8,13,18-19,21-22,24H,9-12,14-17,20H2,1-5H3;(H,6,7). The van der Waals surface area contributed by atoms with Crippen LogP contribution in [0, 0.1) is 5.92 Å². The summed E-state index contributed by atoms with van der Waals surface area (Å²) < 4.78 is 51.0. The van der Waals surface area contributed by atoms with Crippen LogP contribution in [-0.4, -0.2) is 94.2 Å². The highest BCUT2D eigenvalue weighted by Crippen LogP contribution is 2.36. The number of ether oxygens (including phenoxy) is 3. The number of benzene rings is 1. The van der Waals surface area contributed by atoms with Crippen LogP contribution in [0.2, 0.25) is 0 Å². The van der Waals surface area contributed by atoms with Crippen molar-refractivity contribution < 1.29 is 42.1 Å². The number of methoxy groups -OCH3 is 1. The van der Waals surface area contributed by atoms with Crippen molar-refractivity contribution in [2.75, 3.05) is 39.8 Å². The topological polar surface area (TPSA) is 123 Å². The van der Waals surface area contributed by atoms with Gasteiger partial charge in [0.15, 0.2) is 11.5 Å². The van der Waals surface area contributed by atoms with E-state index >= 15 is 0 Å². The van der Waals surface area contributed by atoms with Gasteiger partial charge in [-0.25, -0.2) is 9.59 Å². The van der Waals surface area contributed by atoms with Crippen LogP contribution in [0.3, 0.4) is 0 Å². The Kier molecular flexibility index (Phi) is 11.6. The molecule has 2 aromatic heterocycles. The fourth-order valence-corrected chi connectivity index (χ4v) is 5.85. The number of halogens is 3. The van der Waals surface area contributed by atoms with Gasteiger partial charge in [-0.05, 0) is 81.5 Å². The SMILES string of the molecule is COc1cc(-c2cn(C)c(=O)c3cnccc23)ccc1OC1CCN(CC2CCN(C(=O)OC(C)(C)C)CC2)CC1.O=C(O)C(F)(F)F. The van der Waals surface area contributed by atoms with Crippen LogP contribution in [0.4, 0.5) is 18.0 Å². The molecule has 262 valence electrons. The van der Waals surface area contributed by atoms with Crippen molar-refractivity contribution in [1.29, 1.82) is 0 Å². The number of likely N-dealkylation sites (tertiary alicyclic amines) is 2. The maximum Gasteiger partial charge on any atom is 0.490 e. The second-order valence-corrected chi connectivity index (χ2v) is 13.1. The van der Waals surface area contributed by atoms with Gasteiger partial charge in [0, 0.05) is 63.9 Å². The van der Waals surface area contributed by atoms with Crippen molar-refractivity contribution in [3.8, 4) is 22.6 Å². The molecule has 2 fully saturated rings. The molecular formula is C34H43F3N4O7. The van der Waals surface area contributed by atoms with Crippen LogP contribution >= 0.6 is 0 Å². The molecule has 0 spiro atoms. The van der Waals surface area contributed by atoms with E-state index in [9.17, 15) is 22.8 Å². The lowest BCUT2D eigenvalue weighted by Crippen LogP contribution is -2.45. The minimum absolute atomic E-state index is 0.0682. The van der Waals surface area contributed by atoms with Crippen LogP contribution < -0.4 is 15.0 Å². The van der Waals surface area contributed by atoms with Gasteiger partial charge < -0.3 is 33.7 Å². The van der Waals surface area contributed by atoms with Crippen molar-refractivity contribution in [3.63, 3.8) is 0 Å². The number of aryl methyl sites for hydroxylation is 1. The Morgan fingerprint density at radius 1 is 0.979 bits per heavy atom. The molecule has 2 aliphatic rings. The summed E-state index contributed by atoms with van der Waals surface area (Å²) in [4.78, 5) is 42.4. The van der Waals surface area contributed by atoms with Crippen molar-refractivity contribution in [3.05, 3.63) is 53.2 Å². The number of carbonyl (C=O) groups excluding carboxylic acids is 1. The summed E-state index contributed by atoms with van der Waals surface area (Å²) >= 11 is 0. The second-order valence-electron chi connectivity index (χ2n) is 13.1. The Morgan fingerprint density at radius 2 is 1.62 bits per heavy atom. The summed E-state index contributed by atoms with van der Waals surface area (Å²) in [5.74, 6) is -0.742. The predicted octanol–water partition coefficient (Wildman–Crippen LogP) is 5.73. The smallest absolute Gasteiger partial charge is 0.490 e. The third-order valence-corrected chi connectivity index (χ3v) is 8.31. The normalized spacial score (nSPS) is 16.6. The van der Waals surface area contributed by atoms with E-state index in [-0.39, 0.29) is 17.8 Å². The number of carbonyl (C=O) groups is 2. The predicted molar refractivity (Wildman–Crippen MR) is 173 cm³/mol. The molecule has 0 aliphatic carbocycles. The highest BCUT2D eigenvalue weighted by Gasteiger charge is 2.38. The van der Waals surface area contributed by atoms with Gasteiger partial charge in [-0.1, -0.05) is 6.07 Å². The van der Waals surface area contributed by atoms with Crippen molar-refractivity contribution in [1.82, 2.24) is 19.4 Å².